The number of rotatable bonds is 0. The summed E-state index contributed by atoms with van der Waals surface area (Å²) in [5, 5.41) is 0. The van der Waals surface area contributed by atoms with Crippen molar-refractivity contribution in [2.45, 2.75) is 12.8 Å². The van der Waals surface area contributed by atoms with Crippen molar-refractivity contribution in [3.8, 4) is 23.7 Å². The molecule has 1 heteroatoms. The van der Waals surface area contributed by atoms with Crippen LogP contribution in [0.25, 0.3) is 0 Å². The fourth-order valence-corrected chi connectivity index (χ4v) is 2.58. The van der Waals surface area contributed by atoms with Crippen molar-refractivity contribution >= 4 is 5.78 Å². The van der Waals surface area contributed by atoms with Crippen molar-refractivity contribution < 1.29 is 4.79 Å². The van der Waals surface area contributed by atoms with Gasteiger partial charge in [0.25, 0.3) is 0 Å². The fourth-order valence-electron chi connectivity index (χ4n) is 2.58. The molecule has 3 rings (SSSR count). The van der Waals surface area contributed by atoms with Crippen LogP contribution in [-0.4, -0.2) is 5.78 Å². The summed E-state index contributed by atoms with van der Waals surface area (Å²) in [6.45, 7) is 0. The van der Waals surface area contributed by atoms with E-state index in [1.165, 1.54) is 0 Å². The monoisotopic (exact) mass is 334 g/mol. The zero-order valence-electron chi connectivity index (χ0n) is 14.4. The minimum absolute atomic E-state index is 0.0385. The van der Waals surface area contributed by atoms with Gasteiger partial charge in [-0.3, -0.25) is 4.79 Å². The average Bonchev–Trinajstić information content (AvgIpc) is 3.00. The zero-order valence-corrected chi connectivity index (χ0v) is 14.4. The molecule has 0 fully saturated rings. The Balaban J connectivity index is 1.95. The molecular formula is C25H18O. The van der Waals surface area contributed by atoms with Crippen LogP contribution >= 0.6 is 0 Å². The summed E-state index contributed by atoms with van der Waals surface area (Å²) in [6, 6.07) is 0. The lowest BCUT2D eigenvalue weighted by atomic mass is 10.1. The van der Waals surface area contributed by atoms with Crippen LogP contribution in [0.1, 0.15) is 12.8 Å². The highest BCUT2D eigenvalue weighted by atomic mass is 16.1. The van der Waals surface area contributed by atoms with Crippen molar-refractivity contribution in [3.63, 3.8) is 0 Å². The number of carbonyl (C=O) groups excluding carboxylic acids is 1. The summed E-state index contributed by atoms with van der Waals surface area (Å²) in [7, 11) is 0. The molecule has 0 aromatic heterocycles. The maximum absolute atomic E-state index is 12.0. The molecule has 0 heterocycles. The van der Waals surface area contributed by atoms with Crippen molar-refractivity contribution in [2.24, 2.45) is 0 Å². The number of fused-ring (bicyclic) bond motifs is 4. The predicted molar refractivity (Wildman–Crippen MR) is 108 cm³/mol. The van der Waals surface area contributed by atoms with E-state index in [-0.39, 0.29) is 5.78 Å². The van der Waals surface area contributed by atoms with Crippen molar-refractivity contribution in [1.29, 1.82) is 0 Å². The second-order valence-electron chi connectivity index (χ2n) is 5.94. The molecule has 0 aromatic carbocycles. The van der Waals surface area contributed by atoms with Gasteiger partial charge >= 0.3 is 0 Å². The van der Waals surface area contributed by atoms with Crippen molar-refractivity contribution in [3.05, 3.63) is 107 Å². The Morgan fingerprint density at radius 2 is 1.12 bits per heavy atom. The Morgan fingerprint density at radius 1 is 0.577 bits per heavy atom. The molecule has 0 unspecified atom stereocenters. The predicted octanol–water partition coefficient (Wildman–Crippen LogP) is 4.87. The Kier molecular flexibility index (Phi) is 6.03. The number of hydrogen-bond acceptors (Lipinski definition) is 1. The molecule has 0 N–H and O–H groups in total. The topological polar surface area (TPSA) is 17.1 Å². The van der Waals surface area contributed by atoms with Crippen LogP contribution in [0, 0.1) is 23.7 Å². The molecule has 1 nitrogen and oxygen atoms in total. The van der Waals surface area contributed by atoms with Crippen LogP contribution in [0.5, 0.6) is 0 Å². The Hall–Kier alpha value is -3.55. The van der Waals surface area contributed by atoms with Gasteiger partial charge in [-0.1, -0.05) is 84.8 Å². The first-order valence-electron chi connectivity index (χ1n) is 8.51. The molecule has 4 bridgehead atoms. The third-order valence-corrected chi connectivity index (χ3v) is 3.88. The molecule has 0 amide bonds. The highest BCUT2D eigenvalue weighted by molar-refractivity contribution is 5.99. The van der Waals surface area contributed by atoms with E-state index in [0.717, 1.165) is 28.7 Å². The van der Waals surface area contributed by atoms with Gasteiger partial charge in [0.1, 0.15) is 0 Å². The van der Waals surface area contributed by atoms with E-state index in [2.05, 4.69) is 23.7 Å². The van der Waals surface area contributed by atoms with E-state index < -0.39 is 0 Å². The molecule has 3 aliphatic rings. The summed E-state index contributed by atoms with van der Waals surface area (Å²) in [5.74, 6) is 12.1. The Bertz CT molecular complexity index is 988. The van der Waals surface area contributed by atoms with Crippen LogP contribution in [0.15, 0.2) is 107 Å². The quantitative estimate of drug-likeness (QED) is 0.578. The van der Waals surface area contributed by atoms with Crippen molar-refractivity contribution in [1.82, 2.24) is 0 Å². The van der Waals surface area contributed by atoms with Crippen LogP contribution in [0.2, 0.25) is 0 Å². The summed E-state index contributed by atoms with van der Waals surface area (Å²) < 4.78 is 0. The van der Waals surface area contributed by atoms with E-state index in [0.29, 0.717) is 6.42 Å². The molecule has 0 aromatic rings. The molecule has 0 saturated heterocycles. The van der Waals surface area contributed by atoms with E-state index >= 15 is 0 Å². The summed E-state index contributed by atoms with van der Waals surface area (Å²) in [5.41, 5.74) is 4.17. The second kappa shape index (κ2) is 9.07. The highest BCUT2D eigenvalue weighted by Crippen LogP contribution is 2.17. The molecule has 124 valence electrons. The first kappa shape index (κ1) is 17.3. The minimum atomic E-state index is -0.0385. The minimum Gasteiger partial charge on any atom is -0.290 e. The Morgan fingerprint density at radius 3 is 1.77 bits per heavy atom. The Labute approximate surface area is 154 Å². The molecule has 26 heavy (non-hydrogen) atoms. The number of hydrogen-bond donors (Lipinski definition) is 0. The van der Waals surface area contributed by atoms with E-state index in [4.69, 9.17) is 0 Å². The maximum atomic E-state index is 12.0. The maximum Gasteiger partial charge on any atom is 0.178 e. The molecular weight excluding hydrogens is 316 g/mol. The number of carbonyl (C=O) groups is 1. The lowest BCUT2D eigenvalue weighted by Gasteiger charge is -1.98. The molecule has 0 atom stereocenters. The lowest BCUT2D eigenvalue weighted by molar-refractivity contribution is -0.110. The summed E-state index contributed by atoms with van der Waals surface area (Å²) >= 11 is 0. The third-order valence-electron chi connectivity index (χ3n) is 3.88. The first-order chi connectivity index (χ1) is 12.8. The second-order valence-corrected chi connectivity index (χ2v) is 5.94. The van der Waals surface area contributed by atoms with Crippen LogP contribution in [0.3, 0.4) is 0 Å². The fraction of sp³-hybridized carbons (Fsp3) is 0.0800. The molecule has 0 spiro atoms. The van der Waals surface area contributed by atoms with Gasteiger partial charge in [0, 0.05) is 24.0 Å². The highest BCUT2D eigenvalue weighted by Gasteiger charge is 2.01. The number of ketones is 1. The first-order valence-corrected chi connectivity index (χ1v) is 8.51. The lowest BCUT2D eigenvalue weighted by Crippen LogP contribution is -1.87. The van der Waals surface area contributed by atoms with Crippen molar-refractivity contribution in [2.75, 3.05) is 0 Å². The molecule has 0 radical (unpaired) electrons. The van der Waals surface area contributed by atoms with E-state index in [9.17, 15) is 4.79 Å². The van der Waals surface area contributed by atoms with Gasteiger partial charge < -0.3 is 0 Å². The SMILES string of the molecule is O=C1/C=C/C=C/C2=CC=CC=C(C#CC#CC3=CC=CC=C(/C=C/1)C3)C2. The molecule has 3 aliphatic carbocycles. The third kappa shape index (κ3) is 5.52. The van der Waals surface area contributed by atoms with Gasteiger partial charge in [-0.25, -0.2) is 0 Å². The number of allylic oxidation sites excluding steroid dienone is 18. The smallest absolute Gasteiger partial charge is 0.178 e. The zero-order chi connectivity index (χ0) is 18.0. The van der Waals surface area contributed by atoms with Gasteiger partial charge in [0.15, 0.2) is 5.78 Å². The normalized spacial score (nSPS) is 22.4. The molecule has 0 saturated carbocycles. The standard InChI is InChI=1S/C25H18O/c26-25-16-8-7-14-22-11-2-1-9-21(19-22)10-3-4-12-23-13-5-6-15-24(20-23)17-18-25/h1-2,5-9,11,13-18H,19-20H2/b14-7+,16-8+,18-17+. The largest absolute Gasteiger partial charge is 0.290 e. The summed E-state index contributed by atoms with van der Waals surface area (Å²) in [4.78, 5) is 12.0. The van der Waals surface area contributed by atoms with Gasteiger partial charge in [-0.05, 0) is 35.1 Å². The van der Waals surface area contributed by atoms with Crippen LogP contribution < -0.4 is 0 Å². The molecule has 0 aliphatic heterocycles. The summed E-state index contributed by atoms with van der Waals surface area (Å²) in [6.07, 6.45) is 28.0. The van der Waals surface area contributed by atoms with Gasteiger partial charge in [-0.15, -0.1) is 0 Å². The van der Waals surface area contributed by atoms with Crippen LogP contribution in [0.4, 0.5) is 0 Å². The van der Waals surface area contributed by atoms with Gasteiger partial charge in [0.2, 0.25) is 0 Å². The van der Waals surface area contributed by atoms with Crippen LogP contribution in [-0.2, 0) is 4.79 Å². The van der Waals surface area contributed by atoms with E-state index in [1.54, 1.807) is 18.2 Å². The average molecular weight is 334 g/mol. The van der Waals surface area contributed by atoms with Gasteiger partial charge in [0.05, 0.1) is 0 Å². The van der Waals surface area contributed by atoms with E-state index in [1.807, 2.05) is 66.8 Å². The van der Waals surface area contributed by atoms with Gasteiger partial charge in [-0.2, -0.15) is 0 Å².